The highest BCUT2D eigenvalue weighted by molar-refractivity contribution is 6.30. The van der Waals surface area contributed by atoms with Gasteiger partial charge < -0.3 is 15.7 Å². The van der Waals surface area contributed by atoms with Crippen LogP contribution in [-0.2, 0) is 0 Å². The molecule has 1 rings (SSSR count). The second-order valence-electron chi connectivity index (χ2n) is 4.16. The molecule has 0 fully saturated rings. The fourth-order valence-electron chi connectivity index (χ4n) is 1.29. The molecule has 0 heterocycles. The Kier molecular flexibility index (Phi) is 5.10. The Morgan fingerprint density at radius 1 is 1.53 bits per heavy atom. The molecule has 4 nitrogen and oxygen atoms in total. The van der Waals surface area contributed by atoms with Gasteiger partial charge in [-0.1, -0.05) is 30.6 Å². The molecular formula is C12H17ClN2O2. The molecule has 0 aromatic heterocycles. The molecule has 0 bridgehead atoms. The molecule has 1 aromatic carbocycles. The van der Waals surface area contributed by atoms with Gasteiger partial charge in [-0.05, 0) is 30.5 Å². The quantitative estimate of drug-likeness (QED) is 0.368. The summed E-state index contributed by atoms with van der Waals surface area (Å²) in [5, 5.41) is 12.2. The van der Waals surface area contributed by atoms with Gasteiger partial charge in [-0.3, -0.25) is 0 Å². The zero-order chi connectivity index (χ0) is 12.8. The second kappa shape index (κ2) is 6.35. The van der Waals surface area contributed by atoms with Gasteiger partial charge in [-0.25, -0.2) is 0 Å². The lowest BCUT2D eigenvalue weighted by Gasteiger charge is -2.12. The fraction of sp³-hybridized carbons (Fsp3) is 0.417. The highest BCUT2D eigenvalue weighted by atomic mass is 35.5. The number of nitrogens with zero attached hydrogens (tertiary/aromatic N) is 1. The van der Waals surface area contributed by atoms with Crippen LogP contribution in [0.5, 0.6) is 5.75 Å². The maximum atomic E-state index is 8.67. The standard InChI is InChI=1S/C12H17ClN2O2/c1-8(2)5-6-17-11-7-9(13)3-4-10(11)12(14)15-16/h3-4,7-8,16H,5-6H2,1-2H3,(H2,14,15). The molecule has 0 spiro atoms. The largest absolute Gasteiger partial charge is 0.493 e. The van der Waals surface area contributed by atoms with Gasteiger partial charge in [0.15, 0.2) is 5.84 Å². The van der Waals surface area contributed by atoms with Crippen molar-refractivity contribution in [2.75, 3.05) is 6.61 Å². The lowest BCUT2D eigenvalue weighted by Crippen LogP contribution is -2.15. The number of oxime groups is 1. The minimum absolute atomic E-state index is 0.0150. The van der Waals surface area contributed by atoms with Crippen LogP contribution in [0.2, 0.25) is 5.02 Å². The van der Waals surface area contributed by atoms with E-state index in [-0.39, 0.29) is 5.84 Å². The molecule has 0 aliphatic carbocycles. The van der Waals surface area contributed by atoms with Crippen LogP contribution in [0.3, 0.4) is 0 Å². The minimum atomic E-state index is 0.0150. The average Bonchev–Trinajstić information content (AvgIpc) is 2.28. The van der Waals surface area contributed by atoms with Gasteiger partial charge in [-0.15, -0.1) is 0 Å². The lowest BCUT2D eigenvalue weighted by molar-refractivity contribution is 0.288. The number of nitrogens with two attached hydrogens (primary N) is 1. The Balaban J connectivity index is 2.84. The van der Waals surface area contributed by atoms with E-state index >= 15 is 0 Å². The van der Waals surface area contributed by atoms with Crippen LogP contribution in [0.25, 0.3) is 0 Å². The van der Waals surface area contributed by atoms with Gasteiger partial charge in [0.05, 0.1) is 12.2 Å². The van der Waals surface area contributed by atoms with Gasteiger partial charge in [0.2, 0.25) is 0 Å². The number of benzene rings is 1. The smallest absolute Gasteiger partial charge is 0.173 e. The molecule has 0 amide bonds. The van der Waals surface area contributed by atoms with Crippen molar-refractivity contribution in [3.05, 3.63) is 28.8 Å². The normalized spacial score (nSPS) is 11.9. The van der Waals surface area contributed by atoms with Crippen molar-refractivity contribution in [1.82, 2.24) is 0 Å². The Morgan fingerprint density at radius 2 is 2.24 bits per heavy atom. The van der Waals surface area contributed by atoms with Crippen LogP contribution in [-0.4, -0.2) is 17.6 Å². The fourth-order valence-corrected chi connectivity index (χ4v) is 1.45. The lowest BCUT2D eigenvalue weighted by atomic mass is 10.1. The summed E-state index contributed by atoms with van der Waals surface area (Å²) in [5.74, 6) is 1.11. The molecule has 17 heavy (non-hydrogen) atoms. The molecule has 0 saturated carbocycles. The van der Waals surface area contributed by atoms with Crippen LogP contribution >= 0.6 is 11.6 Å². The molecule has 0 atom stereocenters. The summed E-state index contributed by atoms with van der Waals surface area (Å²) in [5.41, 5.74) is 6.10. The Hall–Kier alpha value is -1.42. The first-order chi connectivity index (χ1) is 8.04. The summed E-state index contributed by atoms with van der Waals surface area (Å²) >= 11 is 5.88. The molecule has 1 aromatic rings. The molecular weight excluding hydrogens is 240 g/mol. The summed E-state index contributed by atoms with van der Waals surface area (Å²) in [6.45, 7) is 4.81. The third-order valence-corrected chi connectivity index (χ3v) is 2.52. The molecule has 0 saturated heterocycles. The summed E-state index contributed by atoms with van der Waals surface area (Å²) in [6.07, 6.45) is 0.933. The zero-order valence-electron chi connectivity index (χ0n) is 9.98. The summed E-state index contributed by atoms with van der Waals surface area (Å²) < 4.78 is 5.60. The van der Waals surface area contributed by atoms with E-state index in [2.05, 4.69) is 19.0 Å². The van der Waals surface area contributed by atoms with Crippen molar-refractivity contribution < 1.29 is 9.94 Å². The van der Waals surface area contributed by atoms with Crippen molar-refractivity contribution in [2.45, 2.75) is 20.3 Å². The monoisotopic (exact) mass is 256 g/mol. The maximum Gasteiger partial charge on any atom is 0.173 e. The third-order valence-electron chi connectivity index (χ3n) is 2.28. The van der Waals surface area contributed by atoms with Crippen LogP contribution in [0, 0.1) is 5.92 Å². The highest BCUT2D eigenvalue weighted by Crippen LogP contribution is 2.23. The van der Waals surface area contributed by atoms with E-state index in [0.29, 0.717) is 28.9 Å². The first-order valence-electron chi connectivity index (χ1n) is 5.45. The first-order valence-corrected chi connectivity index (χ1v) is 5.82. The van der Waals surface area contributed by atoms with Crippen LogP contribution in [0.4, 0.5) is 0 Å². The van der Waals surface area contributed by atoms with Crippen molar-refractivity contribution in [3.8, 4) is 5.75 Å². The minimum Gasteiger partial charge on any atom is -0.493 e. The highest BCUT2D eigenvalue weighted by Gasteiger charge is 2.09. The topological polar surface area (TPSA) is 67.8 Å². The maximum absolute atomic E-state index is 8.67. The molecule has 0 radical (unpaired) electrons. The van der Waals surface area contributed by atoms with E-state index in [9.17, 15) is 0 Å². The van der Waals surface area contributed by atoms with Crippen LogP contribution in [0.1, 0.15) is 25.8 Å². The predicted molar refractivity (Wildman–Crippen MR) is 68.9 cm³/mol. The Morgan fingerprint density at radius 3 is 2.82 bits per heavy atom. The number of hydrogen-bond donors (Lipinski definition) is 2. The summed E-state index contributed by atoms with van der Waals surface area (Å²) in [6, 6.07) is 5.00. The predicted octanol–water partition coefficient (Wildman–Crippen LogP) is 2.86. The van der Waals surface area contributed by atoms with E-state index in [4.69, 9.17) is 27.3 Å². The van der Waals surface area contributed by atoms with Gasteiger partial charge in [0.25, 0.3) is 0 Å². The molecule has 0 unspecified atom stereocenters. The first kappa shape index (κ1) is 13.6. The average molecular weight is 257 g/mol. The number of ether oxygens (including phenoxy) is 1. The Labute approximate surface area is 106 Å². The van der Waals surface area contributed by atoms with Crippen molar-refractivity contribution in [3.63, 3.8) is 0 Å². The van der Waals surface area contributed by atoms with Crippen molar-refractivity contribution in [2.24, 2.45) is 16.8 Å². The summed E-state index contributed by atoms with van der Waals surface area (Å²) in [7, 11) is 0. The number of amidine groups is 1. The molecule has 5 heteroatoms. The SMILES string of the molecule is CC(C)CCOc1cc(Cl)ccc1C(N)=NO. The van der Waals surface area contributed by atoms with E-state index in [1.54, 1.807) is 18.2 Å². The van der Waals surface area contributed by atoms with Gasteiger partial charge in [0.1, 0.15) is 5.75 Å². The number of halogens is 1. The molecule has 0 aliphatic rings. The molecule has 0 aliphatic heterocycles. The Bertz CT molecular complexity index is 405. The number of rotatable bonds is 5. The van der Waals surface area contributed by atoms with Crippen LogP contribution in [0.15, 0.2) is 23.4 Å². The van der Waals surface area contributed by atoms with Crippen molar-refractivity contribution in [1.29, 1.82) is 0 Å². The van der Waals surface area contributed by atoms with Crippen LogP contribution < -0.4 is 10.5 Å². The second-order valence-corrected chi connectivity index (χ2v) is 4.59. The van der Waals surface area contributed by atoms with E-state index in [1.807, 2.05) is 0 Å². The zero-order valence-corrected chi connectivity index (χ0v) is 10.7. The van der Waals surface area contributed by atoms with E-state index in [1.165, 1.54) is 0 Å². The molecule has 3 N–H and O–H groups in total. The summed E-state index contributed by atoms with van der Waals surface area (Å²) in [4.78, 5) is 0. The van der Waals surface area contributed by atoms with Gasteiger partial charge >= 0.3 is 0 Å². The third kappa shape index (κ3) is 4.15. The molecule has 94 valence electrons. The van der Waals surface area contributed by atoms with E-state index < -0.39 is 0 Å². The van der Waals surface area contributed by atoms with Gasteiger partial charge in [-0.2, -0.15) is 0 Å². The van der Waals surface area contributed by atoms with E-state index in [0.717, 1.165) is 6.42 Å². The van der Waals surface area contributed by atoms with Gasteiger partial charge in [0, 0.05) is 5.02 Å². The number of hydrogen-bond acceptors (Lipinski definition) is 3. The van der Waals surface area contributed by atoms with Crippen molar-refractivity contribution >= 4 is 17.4 Å².